The lowest BCUT2D eigenvalue weighted by atomic mass is 9.70. The average Bonchev–Trinajstić information content (AvgIpc) is 1.50. The lowest BCUT2D eigenvalue weighted by Crippen LogP contribution is -2.49. The largest absolute Gasteiger partial charge is 0.113 e. The minimum Gasteiger partial charge on any atom is -0.0623 e. The van der Waals surface area contributed by atoms with E-state index in [-0.39, 0.29) is 27.1 Å². The molecule has 2 aliphatic heterocycles. The third-order valence-electron chi connectivity index (χ3n) is 37.4. The van der Waals surface area contributed by atoms with Gasteiger partial charge in [0.1, 0.15) is 16.1 Å². The van der Waals surface area contributed by atoms with E-state index in [1.165, 1.54) is 309 Å². The molecule has 0 fully saturated rings. The normalized spacial score (nSPS) is 16.2. The lowest BCUT2D eigenvalue weighted by Gasteiger charge is -2.30. The highest BCUT2D eigenvalue weighted by molar-refractivity contribution is 7.04. The summed E-state index contributed by atoms with van der Waals surface area (Å²) < 4.78 is 0. The Morgan fingerprint density at radius 1 is 0.130 bits per heavy atom. The second-order valence-electron chi connectivity index (χ2n) is 47.1. The quantitative estimate of drug-likeness (QED) is 0.115. The molecular weight excluding hydrogens is 1790 g/mol. The molecule has 31 rings (SSSR count). The van der Waals surface area contributed by atoms with Crippen molar-refractivity contribution >= 4 is 80.0 Å². The summed E-state index contributed by atoms with van der Waals surface area (Å²) in [6.45, 7) is 34.4. The van der Waals surface area contributed by atoms with Crippen LogP contribution in [0.2, 0.25) is 26.2 Å². The number of benzene rings is 22. The summed E-state index contributed by atoms with van der Waals surface area (Å²) in [5.74, 6) is 0. The zero-order valence-corrected chi connectivity index (χ0v) is 87.3. The molecular formula is C144H110Si2. The highest BCUT2D eigenvalue weighted by atomic mass is 28.3. The molecule has 22 aromatic rings. The fourth-order valence-electron chi connectivity index (χ4n) is 30.0. The van der Waals surface area contributed by atoms with Crippen LogP contribution in [-0.2, 0) is 32.5 Å². The average molecular weight is 1900 g/mol. The van der Waals surface area contributed by atoms with Crippen LogP contribution in [-0.4, -0.2) is 16.1 Å². The summed E-state index contributed by atoms with van der Waals surface area (Å²) >= 11 is 0. The third-order valence-corrected chi connectivity index (χ3v) is 44.5. The second kappa shape index (κ2) is 29.6. The molecule has 0 bridgehead atoms. The van der Waals surface area contributed by atoms with Crippen molar-refractivity contribution in [3.8, 4) is 167 Å². The highest BCUT2D eigenvalue weighted by Crippen LogP contribution is 2.66. The SMILES string of the molecule is CC1(C)c2ccccc2-c2ccc(-c3c4ccc(-c5ccc6c(c5)C5(c7ccccc7-c7ccccc75)c5ccccc5-6)cc4c(-c4ccc5c(c4)C(C)(C)c4ccccc4-5)c4cc5c(cc34)-c3ccccc3[Si]5(C)C)cc21.CC1(C)c2ccccc2-c2ccc(-c3ccc4c(-c5ccc6c(c5)C(C)(C)c5ccccc5-6)c5cc6c(cc5c(-c5ccc7c(c5)C(C)(C)c5ccccc5-7)c4c3)[Si](C)(C)c3ccccc3-6)cc21. The molecule has 9 aliphatic rings. The van der Waals surface area contributed by atoms with Gasteiger partial charge in [-0.2, -0.15) is 0 Å². The maximum absolute atomic E-state index is 2.67. The van der Waals surface area contributed by atoms with E-state index in [0.717, 1.165) is 0 Å². The molecule has 0 N–H and O–H groups in total. The van der Waals surface area contributed by atoms with E-state index in [1.807, 2.05) is 0 Å². The Hall–Kier alpha value is -15.7. The van der Waals surface area contributed by atoms with E-state index in [0.29, 0.717) is 0 Å². The second-order valence-corrected chi connectivity index (χ2v) is 55.7. The molecule has 0 amide bonds. The summed E-state index contributed by atoms with van der Waals surface area (Å²) in [5.41, 5.74) is 58.3. The summed E-state index contributed by atoms with van der Waals surface area (Å²) in [6, 6.07) is 161. The maximum atomic E-state index is 2.67. The van der Waals surface area contributed by atoms with E-state index in [2.05, 4.69) is 508 Å². The van der Waals surface area contributed by atoms with Crippen LogP contribution in [0.3, 0.4) is 0 Å². The van der Waals surface area contributed by atoms with Crippen LogP contribution in [0, 0.1) is 0 Å². The Labute approximate surface area is 858 Å². The van der Waals surface area contributed by atoms with E-state index in [1.54, 1.807) is 0 Å². The molecule has 0 saturated heterocycles. The number of fused-ring (bicyclic) bond motifs is 35. The zero-order valence-electron chi connectivity index (χ0n) is 85.3. The predicted molar refractivity (Wildman–Crippen MR) is 624 cm³/mol. The van der Waals surface area contributed by atoms with Crippen LogP contribution in [0.5, 0.6) is 0 Å². The van der Waals surface area contributed by atoms with E-state index < -0.39 is 21.6 Å². The summed E-state index contributed by atoms with van der Waals surface area (Å²) in [5, 5.41) is 16.6. The molecule has 146 heavy (non-hydrogen) atoms. The van der Waals surface area contributed by atoms with Crippen LogP contribution < -0.4 is 20.7 Å². The molecule has 7 aliphatic carbocycles. The Morgan fingerprint density at radius 2 is 0.322 bits per heavy atom. The van der Waals surface area contributed by atoms with Crippen LogP contribution >= 0.6 is 0 Å². The molecule has 0 saturated carbocycles. The monoisotopic (exact) mass is 1890 g/mol. The molecule has 1 spiro atoms. The van der Waals surface area contributed by atoms with Crippen molar-refractivity contribution in [1.82, 2.24) is 0 Å². The minimum atomic E-state index is -2.11. The van der Waals surface area contributed by atoms with Crippen LogP contribution in [0.4, 0.5) is 0 Å². The van der Waals surface area contributed by atoms with E-state index in [9.17, 15) is 0 Å². The Kier molecular flexibility index (Phi) is 17.4. The number of hydrogen-bond donors (Lipinski definition) is 0. The van der Waals surface area contributed by atoms with Gasteiger partial charge < -0.3 is 0 Å². The van der Waals surface area contributed by atoms with Crippen molar-refractivity contribution < 1.29 is 0 Å². The van der Waals surface area contributed by atoms with Crippen molar-refractivity contribution in [2.24, 2.45) is 0 Å². The molecule has 694 valence electrons. The molecule has 0 atom stereocenters. The van der Waals surface area contributed by atoms with Crippen molar-refractivity contribution in [3.63, 3.8) is 0 Å². The van der Waals surface area contributed by atoms with Gasteiger partial charge in [0.25, 0.3) is 0 Å². The van der Waals surface area contributed by atoms with Gasteiger partial charge in [-0.3, -0.25) is 0 Å². The maximum Gasteiger partial charge on any atom is 0.113 e. The van der Waals surface area contributed by atoms with Gasteiger partial charge in [-0.05, 0) is 369 Å². The number of rotatable bonds is 6. The van der Waals surface area contributed by atoms with Gasteiger partial charge in [0.2, 0.25) is 0 Å². The van der Waals surface area contributed by atoms with Gasteiger partial charge in [0.15, 0.2) is 0 Å². The smallest absolute Gasteiger partial charge is 0.0623 e. The molecule has 2 heteroatoms. The van der Waals surface area contributed by atoms with Crippen molar-refractivity contribution in [1.29, 1.82) is 0 Å². The standard InChI is InChI=1S/C77H56Si.C67H54Si/c1-75(2)63-25-13-7-19-49(63)54-36-33-47(41-68(54)75)73-58-38-32-45(46-31-35-56-53-23-11-17-29-67(53)77(70(56)40-46)65-27-15-9-21-51(65)52-22-10-16-28-66(52)77)39-60(58)74(48-34-37-55-50-20-8-14-26-64(50)76(3,4)69(55)42-48)62-44-72-59(43-61(62)73)57-24-12-18-30-71(57)78(72,5)6;1-65(2)55-21-13-9-17-43(55)46-29-25-40(34-58(46)65)39-26-32-50-52(33-39)64(42-28-31-48-45-19-11-15-23-57(45)67(5,6)60(48)36-42)54-38-62-51(49-20-12-16-24-61(49)68(62,7)8)37-53(54)63(50)41-27-30-47-44-18-10-14-22-56(44)66(3,4)59(47)35-41/h7-44H,1-6H3;9-38H,1-8H3. The Balaban J connectivity index is 0.000000137. The first-order valence-electron chi connectivity index (χ1n) is 52.7. The molecule has 0 unspecified atom stereocenters. The predicted octanol–water partition coefficient (Wildman–Crippen LogP) is 35.5. The van der Waals surface area contributed by atoms with Crippen LogP contribution in [0.25, 0.3) is 210 Å². The van der Waals surface area contributed by atoms with Crippen molar-refractivity contribution in [2.45, 2.75) is 128 Å². The van der Waals surface area contributed by atoms with Crippen molar-refractivity contribution in [2.75, 3.05) is 0 Å². The van der Waals surface area contributed by atoms with Crippen molar-refractivity contribution in [3.05, 3.63) is 490 Å². The molecule has 2 heterocycles. The van der Waals surface area contributed by atoms with Crippen LogP contribution in [0.15, 0.2) is 413 Å². The summed E-state index contributed by atoms with van der Waals surface area (Å²) in [4.78, 5) is 0. The first-order valence-corrected chi connectivity index (χ1v) is 58.7. The van der Waals surface area contributed by atoms with Gasteiger partial charge in [0.05, 0.1) is 5.41 Å². The molecule has 0 aromatic heterocycles. The Morgan fingerprint density at radius 3 is 0.616 bits per heavy atom. The van der Waals surface area contributed by atoms with Crippen LogP contribution in [0.1, 0.15) is 147 Å². The summed E-state index contributed by atoms with van der Waals surface area (Å²) in [6.07, 6.45) is 0. The van der Waals surface area contributed by atoms with E-state index >= 15 is 0 Å². The third kappa shape index (κ3) is 11.2. The molecule has 22 aromatic carbocycles. The first-order chi connectivity index (χ1) is 70.7. The minimum absolute atomic E-state index is 0.0855. The highest BCUT2D eigenvalue weighted by Gasteiger charge is 2.53. The Bertz CT molecular complexity index is 9660. The lowest BCUT2D eigenvalue weighted by molar-refractivity contribution is 0.660. The topological polar surface area (TPSA) is 0 Å². The first kappa shape index (κ1) is 85.9. The fraction of sp³-hybridized carbons (Fsp3) is 0.139. The van der Waals surface area contributed by atoms with E-state index in [4.69, 9.17) is 0 Å². The van der Waals surface area contributed by atoms with Gasteiger partial charge in [-0.25, -0.2) is 0 Å². The molecule has 0 nitrogen and oxygen atoms in total. The summed E-state index contributed by atoms with van der Waals surface area (Å²) in [7, 11) is -4.16. The number of hydrogen-bond acceptors (Lipinski definition) is 0. The zero-order chi connectivity index (χ0) is 98.4. The molecule has 0 radical (unpaired) electrons. The van der Waals surface area contributed by atoms with Gasteiger partial charge in [-0.15, -0.1) is 0 Å². The van der Waals surface area contributed by atoms with Gasteiger partial charge >= 0.3 is 0 Å². The fourth-order valence-corrected chi connectivity index (χ4v) is 36.2. The van der Waals surface area contributed by atoms with Gasteiger partial charge in [0, 0.05) is 27.1 Å². The van der Waals surface area contributed by atoms with Gasteiger partial charge in [-0.1, -0.05) is 447 Å².